The molecule has 0 aromatic carbocycles. The zero-order valence-corrected chi connectivity index (χ0v) is 9.24. The predicted octanol–water partition coefficient (Wildman–Crippen LogP) is 1.95. The number of aliphatic hydroxyl groups excluding tert-OH is 1. The van der Waals surface area contributed by atoms with Gasteiger partial charge in [-0.25, -0.2) is 8.92 Å². The number of carbonyl (C=O) groups is 1. The van der Waals surface area contributed by atoms with Crippen molar-refractivity contribution in [3.63, 3.8) is 0 Å². The fourth-order valence-corrected chi connectivity index (χ4v) is 3.29. The van der Waals surface area contributed by atoms with Crippen LogP contribution in [-0.4, -0.2) is 27.2 Å². The number of aliphatic hydroxyl groups is 1. The Morgan fingerprint density at radius 1 is 1.57 bits per heavy atom. The van der Waals surface area contributed by atoms with Crippen LogP contribution in [0.4, 0.5) is 0 Å². The van der Waals surface area contributed by atoms with Crippen LogP contribution >= 0.6 is 23.9 Å². The smallest absolute Gasteiger partial charge is 0.331 e. The number of hydrogen-bond acceptors (Lipinski definition) is 5. The molecule has 0 aromatic heterocycles. The molecule has 0 radical (unpaired) electrons. The number of carboxylic acids is 1. The van der Waals surface area contributed by atoms with E-state index in [1.54, 1.807) is 23.9 Å². The lowest BCUT2D eigenvalue weighted by molar-refractivity contribution is -0.131. The van der Waals surface area contributed by atoms with Gasteiger partial charge in [-0.15, -0.1) is 0 Å². The van der Waals surface area contributed by atoms with Gasteiger partial charge in [-0.05, 0) is 12.8 Å². The summed E-state index contributed by atoms with van der Waals surface area (Å²) in [5.41, 5.74) is 0. The van der Waals surface area contributed by atoms with Gasteiger partial charge in [0.05, 0.1) is 11.8 Å². The highest BCUT2D eigenvalue weighted by molar-refractivity contribution is 8.13. The quantitative estimate of drug-likeness (QED) is 0.393. The summed E-state index contributed by atoms with van der Waals surface area (Å²) in [4.78, 5) is 10.2. The molecule has 1 saturated heterocycles. The monoisotopic (exact) mass is 235 g/mol. The van der Waals surface area contributed by atoms with Gasteiger partial charge >= 0.3 is 5.97 Å². The molecule has 80 valence electrons. The first kappa shape index (κ1) is 11.7. The SMILES string of the molecule is O=C(O)/C=C(\O)CC[C@H]1CCSNS1. The highest BCUT2D eigenvalue weighted by atomic mass is 32.2. The van der Waals surface area contributed by atoms with E-state index in [1.807, 2.05) is 0 Å². The van der Waals surface area contributed by atoms with Gasteiger partial charge in [0.15, 0.2) is 0 Å². The van der Waals surface area contributed by atoms with E-state index in [2.05, 4.69) is 4.13 Å². The molecule has 1 aliphatic rings. The minimum atomic E-state index is -1.09. The van der Waals surface area contributed by atoms with E-state index in [1.165, 1.54) is 0 Å². The first-order valence-electron chi connectivity index (χ1n) is 4.33. The van der Waals surface area contributed by atoms with Crippen LogP contribution in [0.25, 0.3) is 0 Å². The summed E-state index contributed by atoms with van der Waals surface area (Å²) >= 11 is 3.34. The number of aliphatic carboxylic acids is 1. The highest BCUT2D eigenvalue weighted by Gasteiger charge is 2.14. The second-order valence-electron chi connectivity index (χ2n) is 2.97. The van der Waals surface area contributed by atoms with Crippen LogP contribution in [0.3, 0.4) is 0 Å². The van der Waals surface area contributed by atoms with E-state index in [4.69, 9.17) is 5.11 Å². The van der Waals surface area contributed by atoms with Crippen LogP contribution in [0, 0.1) is 0 Å². The lowest BCUT2D eigenvalue weighted by Crippen LogP contribution is -2.15. The van der Waals surface area contributed by atoms with Gasteiger partial charge in [-0.2, -0.15) is 0 Å². The second kappa shape index (κ2) is 6.21. The Morgan fingerprint density at radius 3 is 2.93 bits per heavy atom. The Bertz CT molecular complexity index is 227. The van der Waals surface area contributed by atoms with Crippen molar-refractivity contribution in [1.29, 1.82) is 0 Å². The molecule has 6 heteroatoms. The molecule has 0 bridgehead atoms. The van der Waals surface area contributed by atoms with Gasteiger partial charge < -0.3 is 10.2 Å². The van der Waals surface area contributed by atoms with E-state index < -0.39 is 5.97 Å². The first-order valence-corrected chi connectivity index (χ1v) is 6.20. The van der Waals surface area contributed by atoms with E-state index in [-0.39, 0.29) is 5.76 Å². The summed E-state index contributed by atoms with van der Waals surface area (Å²) in [5, 5.41) is 18.0. The lowest BCUT2D eigenvalue weighted by Gasteiger charge is -2.20. The van der Waals surface area contributed by atoms with E-state index in [0.29, 0.717) is 11.7 Å². The normalized spacial score (nSPS) is 23.4. The van der Waals surface area contributed by atoms with Crippen molar-refractivity contribution >= 4 is 29.9 Å². The Morgan fingerprint density at radius 2 is 2.36 bits per heavy atom. The molecule has 3 N–H and O–H groups in total. The summed E-state index contributed by atoms with van der Waals surface area (Å²) in [6.45, 7) is 0. The fourth-order valence-electron chi connectivity index (χ4n) is 1.12. The predicted molar refractivity (Wildman–Crippen MR) is 59.2 cm³/mol. The van der Waals surface area contributed by atoms with Crippen molar-refractivity contribution < 1.29 is 15.0 Å². The largest absolute Gasteiger partial charge is 0.512 e. The minimum Gasteiger partial charge on any atom is -0.512 e. The van der Waals surface area contributed by atoms with Crippen molar-refractivity contribution in [2.45, 2.75) is 24.5 Å². The zero-order chi connectivity index (χ0) is 10.4. The lowest BCUT2D eigenvalue weighted by atomic mass is 10.1. The standard InChI is InChI=1S/C8H13NO3S2/c10-6(5-8(11)12)1-2-7-3-4-13-9-14-7/h5,7,9-10H,1-4H2,(H,11,12)/b6-5-/t7-/m0/s1. The van der Waals surface area contributed by atoms with Crippen LogP contribution in [0.5, 0.6) is 0 Å². The summed E-state index contributed by atoms with van der Waals surface area (Å²) in [6, 6.07) is 0. The molecule has 0 aliphatic carbocycles. The molecule has 1 aliphatic heterocycles. The molecule has 1 atom stereocenters. The average Bonchev–Trinajstić information content (AvgIpc) is 2.15. The molecule has 0 unspecified atom stereocenters. The van der Waals surface area contributed by atoms with Crippen LogP contribution in [-0.2, 0) is 4.79 Å². The highest BCUT2D eigenvalue weighted by Crippen LogP contribution is 2.26. The van der Waals surface area contributed by atoms with E-state index >= 15 is 0 Å². The van der Waals surface area contributed by atoms with Gasteiger partial charge in [0.1, 0.15) is 0 Å². The van der Waals surface area contributed by atoms with E-state index in [0.717, 1.165) is 24.7 Å². The molecular formula is C8H13NO3S2. The molecule has 0 spiro atoms. The number of allylic oxidation sites excluding steroid dienone is 1. The van der Waals surface area contributed by atoms with Gasteiger partial charge in [-0.1, -0.05) is 23.9 Å². The molecule has 1 heterocycles. The molecule has 0 amide bonds. The maximum absolute atomic E-state index is 10.2. The van der Waals surface area contributed by atoms with Crippen molar-refractivity contribution in [1.82, 2.24) is 4.13 Å². The van der Waals surface area contributed by atoms with E-state index in [9.17, 15) is 9.90 Å². The molecule has 0 aromatic rings. The fraction of sp³-hybridized carbons (Fsp3) is 0.625. The summed E-state index contributed by atoms with van der Waals surface area (Å²) in [6.07, 6.45) is 3.21. The summed E-state index contributed by atoms with van der Waals surface area (Å²) in [7, 11) is 0. The number of nitrogens with one attached hydrogen (secondary N) is 1. The van der Waals surface area contributed by atoms with Gasteiger partial charge in [-0.3, -0.25) is 0 Å². The third-order valence-corrected chi connectivity index (χ3v) is 3.93. The van der Waals surface area contributed by atoms with Gasteiger partial charge in [0.25, 0.3) is 0 Å². The molecule has 14 heavy (non-hydrogen) atoms. The van der Waals surface area contributed by atoms with Gasteiger partial charge in [0.2, 0.25) is 0 Å². The second-order valence-corrected chi connectivity index (χ2v) is 5.24. The average molecular weight is 235 g/mol. The Balaban J connectivity index is 2.21. The first-order chi connectivity index (χ1) is 6.68. The molecule has 4 nitrogen and oxygen atoms in total. The zero-order valence-electron chi connectivity index (χ0n) is 7.60. The number of hydrogen-bond donors (Lipinski definition) is 3. The summed E-state index contributed by atoms with van der Waals surface area (Å²) in [5.74, 6) is -0.0649. The van der Waals surface area contributed by atoms with Crippen LogP contribution in [0.2, 0.25) is 0 Å². The van der Waals surface area contributed by atoms with Crippen LogP contribution < -0.4 is 4.13 Å². The third kappa shape index (κ3) is 4.78. The van der Waals surface area contributed by atoms with Crippen LogP contribution in [0.15, 0.2) is 11.8 Å². The number of rotatable bonds is 4. The Hall–Kier alpha value is -0.330. The van der Waals surface area contributed by atoms with Gasteiger partial charge in [0, 0.05) is 17.4 Å². The van der Waals surface area contributed by atoms with Crippen molar-refractivity contribution in [2.24, 2.45) is 0 Å². The Kier molecular flexibility index (Phi) is 5.21. The van der Waals surface area contributed by atoms with Crippen LogP contribution in [0.1, 0.15) is 19.3 Å². The Labute approximate surface area is 91.4 Å². The molecule has 1 rings (SSSR count). The molecular weight excluding hydrogens is 222 g/mol. The van der Waals surface area contributed by atoms with Crippen molar-refractivity contribution in [3.05, 3.63) is 11.8 Å². The minimum absolute atomic E-state index is 0.0451. The van der Waals surface area contributed by atoms with Crippen molar-refractivity contribution in [3.8, 4) is 0 Å². The molecule has 0 saturated carbocycles. The maximum Gasteiger partial charge on any atom is 0.331 e. The number of carboxylic acid groups (broad SMARTS) is 1. The summed E-state index contributed by atoms with van der Waals surface area (Å²) < 4.78 is 3.12. The third-order valence-electron chi connectivity index (χ3n) is 1.83. The molecule has 1 fully saturated rings. The van der Waals surface area contributed by atoms with Crippen molar-refractivity contribution in [2.75, 3.05) is 5.75 Å². The maximum atomic E-state index is 10.2. The topological polar surface area (TPSA) is 69.6 Å².